The van der Waals surface area contributed by atoms with Crippen LogP contribution in [0.5, 0.6) is 0 Å². The number of rotatable bonds is 5. The van der Waals surface area contributed by atoms with Crippen molar-refractivity contribution in [3.8, 4) is 0 Å². The summed E-state index contributed by atoms with van der Waals surface area (Å²) in [5, 5.41) is 0. The van der Waals surface area contributed by atoms with Gasteiger partial charge in [-0.2, -0.15) is 0 Å². The summed E-state index contributed by atoms with van der Waals surface area (Å²) in [6, 6.07) is 12.7. The lowest BCUT2D eigenvalue weighted by molar-refractivity contribution is 0.389. The summed E-state index contributed by atoms with van der Waals surface area (Å²) < 4.78 is 13.0. The maximum absolute atomic E-state index is 13.0. The molecule has 1 atom stereocenters. The fourth-order valence-electron chi connectivity index (χ4n) is 2.15. The zero-order valence-corrected chi connectivity index (χ0v) is 11.4. The molecule has 0 N–H and O–H groups in total. The molecule has 100 valence electrons. The second kappa shape index (κ2) is 6.43. The Bertz CT molecular complexity index is 494. The van der Waals surface area contributed by atoms with Gasteiger partial charge in [0.05, 0.1) is 0 Å². The van der Waals surface area contributed by atoms with Gasteiger partial charge in [-0.05, 0) is 56.9 Å². The molecular formula is C16H19FN2. The van der Waals surface area contributed by atoms with E-state index in [-0.39, 0.29) is 11.7 Å². The fourth-order valence-corrected chi connectivity index (χ4v) is 2.15. The van der Waals surface area contributed by atoms with E-state index in [0.717, 1.165) is 24.2 Å². The Kier molecular flexibility index (Phi) is 4.63. The van der Waals surface area contributed by atoms with Crippen molar-refractivity contribution < 1.29 is 4.39 Å². The van der Waals surface area contributed by atoms with Gasteiger partial charge in [-0.15, -0.1) is 0 Å². The zero-order chi connectivity index (χ0) is 13.7. The summed E-state index contributed by atoms with van der Waals surface area (Å²) in [6.45, 7) is 0.971. The Morgan fingerprint density at radius 3 is 2.42 bits per heavy atom. The molecule has 0 aliphatic rings. The lowest BCUT2D eigenvalue weighted by Crippen LogP contribution is -2.17. The number of hydrogen-bond acceptors (Lipinski definition) is 2. The number of nitrogens with zero attached hydrogens (tertiary/aromatic N) is 2. The molecule has 2 rings (SSSR count). The molecule has 0 radical (unpaired) electrons. The highest BCUT2D eigenvalue weighted by molar-refractivity contribution is 5.28. The molecule has 2 nitrogen and oxygen atoms in total. The van der Waals surface area contributed by atoms with Crippen LogP contribution in [0, 0.1) is 5.82 Å². The molecule has 0 unspecified atom stereocenters. The minimum absolute atomic E-state index is 0.198. The Balaban J connectivity index is 2.26. The van der Waals surface area contributed by atoms with Gasteiger partial charge in [0.15, 0.2) is 0 Å². The maximum atomic E-state index is 13.0. The van der Waals surface area contributed by atoms with Crippen LogP contribution < -0.4 is 0 Å². The number of pyridine rings is 1. The van der Waals surface area contributed by atoms with E-state index in [9.17, 15) is 4.39 Å². The van der Waals surface area contributed by atoms with Crippen LogP contribution in [-0.2, 0) is 0 Å². The number of hydrogen-bond donors (Lipinski definition) is 0. The van der Waals surface area contributed by atoms with Crippen molar-refractivity contribution in [3.63, 3.8) is 0 Å². The highest BCUT2D eigenvalue weighted by Gasteiger charge is 2.15. The lowest BCUT2D eigenvalue weighted by Gasteiger charge is -2.19. The van der Waals surface area contributed by atoms with Gasteiger partial charge in [0.25, 0.3) is 0 Å². The van der Waals surface area contributed by atoms with Gasteiger partial charge in [-0.25, -0.2) is 4.39 Å². The molecule has 0 saturated carbocycles. The van der Waals surface area contributed by atoms with Crippen molar-refractivity contribution >= 4 is 0 Å². The summed E-state index contributed by atoms with van der Waals surface area (Å²) in [5.41, 5.74) is 2.15. The predicted octanol–water partition coefficient (Wildman–Crippen LogP) is 3.30. The van der Waals surface area contributed by atoms with Crippen molar-refractivity contribution in [2.24, 2.45) is 0 Å². The van der Waals surface area contributed by atoms with Gasteiger partial charge in [-0.3, -0.25) is 4.98 Å². The van der Waals surface area contributed by atoms with E-state index in [1.54, 1.807) is 0 Å². The Morgan fingerprint density at radius 1 is 1.11 bits per heavy atom. The van der Waals surface area contributed by atoms with Gasteiger partial charge in [0.1, 0.15) is 5.82 Å². The van der Waals surface area contributed by atoms with Crippen LogP contribution in [0.3, 0.4) is 0 Å². The standard InChI is InChI=1S/C16H19FN2/c1-19(2)12-10-15(16-5-3-4-11-18-16)13-6-8-14(17)9-7-13/h3-9,11,15H,10,12H2,1-2H3/t15-/m1/s1. The predicted molar refractivity (Wildman–Crippen MR) is 75.7 cm³/mol. The van der Waals surface area contributed by atoms with Crippen LogP contribution in [0.15, 0.2) is 48.7 Å². The van der Waals surface area contributed by atoms with Gasteiger partial charge in [0, 0.05) is 17.8 Å². The molecule has 2 aromatic rings. The van der Waals surface area contributed by atoms with E-state index in [1.807, 2.05) is 36.5 Å². The highest BCUT2D eigenvalue weighted by atomic mass is 19.1. The highest BCUT2D eigenvalue weighted by Crippen LogP contribution is 2.26. The summed E-state index contributed by atoms with van der Waals surface area (Å²) in [6.07, 6.45) is 2.77. The normalized spacial score (nSPS) is 12.6. The van der Waals surface area contributed by atoms with E-state index in [2.05, 4.69) is 24.0 Å². The molecule has 0 amide bonds. The van der Waals surface area contributed by atoms with Gasteiger partial charge < -0.3 is 4.90 Å². The molecule has 1 aromatic heterocycles. The van der Waals surface area contributed by atoms with Crippen molar-refractivity contribution in [1.29, 1.82) is 0 Å². The summed E-state index contributed by atoms with van der Waals surface area (Å²) >= 11 is 0. The Labute approximate surface area is 113 Å². The topological polar surface area (TPSA) is 16.1 Å². The van der Waals surface area contributed by atoms with Crippen LogP contribution >= 0.6 is 0 Å². The number of aromatic nitrogens is 1. The number of benzene rings is 1. The Hall–Kier alpha value is -1.74. The number of halogens is 1. The largest absolute Gasteiger partial charge is 0.309 e. The maximum Gasteiger partial charge on any atom is 0.123 e. The average molecular weight is 258 g/mol. The van der Waals surface area contributed by atoms with Gasteiger partial charge in [0.2, 0.25) is 0 Å². The van der Waals surface area contributed by atoms with E-state index in [0.29, 0.717) is 0 Å². The third-order valence-corrected chi connectivity index (χ3v) is 3.18. The summed E-state index contributed by atoms with van der Waals surface area (Å²) in [7, 11) is 4.11. The second-order valence-electron chi connectivity index (χ2n) is 4.95. The average Bonchev–Trinajstić information content (AvgIpc) is 2.42. The molecular weight excluding hydrogens is 239 g/mol. The van der Waals surface area contributed by atoms with Gasteiger partial charge in [-0.1, -0.05) is 18.2 Å². The Morgan fingerprint density at radius 2 is 1.84 bits per heavy atom. The van der Waals surface area contributed by atoms with E-state index in [1.165, 1.54) is 12.1 Å². The molecule has 19 heavy (non-hydrogen) atoms. The van der Waals surface area contributed by atoms with Crippen molar-refractivity contribution in [3.05, 3.63) is 65.7 Å². The van der Waals surface area contributed by atoms with Crippen molar-refractivity contribution in [2.75, 3.05) is 20.6 Å². The SMILES string of the molecule is CN(C)CC[C@H](c1ccc(F)cc1)c1ccccn1. The molecule has 1 heterocycles. The first kappa shape index (κ1) is 13.7. The molecule has 3 heteroatoms. The quantitative estimate of drug-likeness (QED) is 0.818. The van der Waals surface area contributed by atoms with Crippen molar-refractivity contribution in [2.45, 2.75) is 12.3 Å². The van der Waals surface area contributed by atoms with Crippen LogP contribution in [-0.4, -0.2) is 30.5 Å². The van der Waals surface area contributed by atoms with Crippen molar-refractivity contribution in [1.82, 2.24) is 9.88 Å². The molecule has 0 aliphatic heterocycles. The zero-order valence-electron chi connectivity index (χ0n) is 11.4. The van der Waals surface area contributed by atoms with E-state index in [4.69, 9.17) is 0 Å². The van der Waals surface area contributed by atoms with Crippen LogP contribution in [0.25, 0.3) is 0 Å². The van der Waals surface area contributed by atoms with Crippen LogP contribution in [0.1, 0.15) is 23.6 Å². The first-order chi connectivity index (χ1) is 9.16. The monoisotopic (exact) mass is 258 g/mol. The molecule has 0 spiro atoms. The third-order valence-electron chi connectivity index (χ3n) is 3.18. The molecule has 0 fully saturated rings. The van der Waals surface area contributed by atoms with E-state index >= 15 is 0 Å². The minimum atomic E-state index is -0.198. The summed E-state index contributed by atoms with van der Waals surface area (Å²) in [5.74, 6) is 0.0142. The smallest absolute Gasteiger partial charge is 0.123 e. The lowest BCUT2D eigenvalue weighted by atomic mass is 9.92. The van der Waals surface area contributed by atoms with E-state index < -0.39 is 0 Å². The second-order valence-corrected chi connectivity index (χ2v) is 4.95. The first-order valence-electron chi connectivity index (χ1n) is 6.48. The molecule has 0 saturated heterocycles. The molecule has 1 aromatic carbocycles. The third kappa shape index (κ3) is 3.86. The minimum Gasteiger partial charge on any atom is -0.309 e. The first-order valence-corrected chi connectivity index (χ1v) is 6.48. The summed E-state index contributed by atoms with van der Waals surface area (Å²) in [4.78, 5) is 6.60. The molecule has 0 aliphatic carbocycles. The van der Waals surface area contributed by atoms with Gasteiger partial charge >= 0.3 is 0 Å². The fraction of sp³-hybridized carbons (Fsp3) is 0.312. The molecule has 0 bridgehead atoms. The van der Waals surface area contributed by atoms with Crippen LogP contribution in [0.4, 0.5) is 4.39 Å². The van der Waals surface area contributed by atoms with Crippen LogP contribution in [0.2, 0.25) is 0 Å².